The van der Waals surface area contributed by atoms with Crippen molar-refractivity contribution in [2.75, 3.05) is 14.2 Å². The average molecular weight is 434 g/mol. The first-order valence-corrected chi connectivity index (χ1v) is 11.0. The Hall–Kier alpha value is -2.99. The van der Waals surface area contributed by atoms with E-state index in [0.717, 1.165) is 47.0 Å². The molecule has 0 saturated heterocycles. The van der Waals surface area contributed by atoms with Crippen molar-refractivity contribution in [2.45, 2.75) is 46.6 Å². The zero-order valence-electron chi connectivity index (χ0n) is 19.8. The smallest absolute Gasteiger partial charge is 0.333 e. The first kappa shape index (κ1) is 22.2. The van der Waals surface area contributed by atoms with Crippen LogP contribution in [-0.4, -0.2) is 41.9 Å². The van der Waals surface area contributed by atoms with E-state index < -0.39 is 0 Å². The van der Waals surface area contributed by atoms with Crippen LogP contribution >= 0.6 is 0 Å². The van der Waals surface area contributed by atoms with Gasteiger partial charge < -0.3 is 14.7 Å². The van der Waals surface area contributed by atoms with Gasteiger partial charge in [-0.1, -0.05) is 27.7 Å². The molecule has 0 aromatic carbocycles. The number of aldehydes is 1. The van der Waals surface area contributed by atoms with Gasteiger partial charge in [0.1, 0.15) is 6.10 Å². The summed E-state index contributed by atoms with van der Waals surface area (Å²) in [4.78, 5) is 16.6. The lowest BCUT2D eigenvalue weighted by Crippen LogP contribution is -2.21. The Morgan fingerprint density at radius 2 is 1.72 bits per heavy atom. The van der Waals surface area contributed by atoms with Gasteiger partial charge in [0.05, 0.1) is 11.4 Å². The minimum Gasteiger partial charge on any atom is -0.369 e. The molecule has 0 radical (unpaired) electrons. The highest BCUT2D eigenvalue weighted by atomic mass is 16.5. The molecule has 32 heavy (non-hydrogen) atoms. The van der Waals surface area contributed by atoms with Crippen molar-refractivity contribution in [3.63, 3.8) is 0 Å². The summed E-state index contributed by atoms with van der Waals surface area (Å²) in [5.41, 5.74) is 7.12. The number of allylic oxidation sites excluding steroid dienone is 3. The Kier molecular flexibility index (Phi) is 5.91. The summed E-state index contributed by atoms with van der Waals surface area (Å²) in [6, 6.07) is 8.32. The topological polar surface area (TPSA) is 76.8 Å². The number of carbonyl (C=O) groups excluding carboxylic acids is 1. The summed E-state index contributed by atoms with van der Waals surface area (Å²) >= 11 is 0. The fourth-order valence-electron chi connectivity index (χ4n) is 4.38. The van der Waals surface area contributed by atoms with E-state index >= 15 is 0 Å². The highest BCUT2D eigenvalue weighted by Gasteiger charge is 2.33. The van der Waals surface area contributed by atoms with Crippen LogP contribution in [0.5, 0.6) is 0 Å². The second-order valence-electron chi connectivity index (χ2n) is 9.66. The molecule has 0 spiro atoms. The number of hydrogen-bond acceptors (Lipinski definition) is 3. The van der Waals surface area contributed by atoms with E-state index in [-0.39, 0.29) is 16.9 Å². The van der Waals surface area contributed by atoms with Crippen molar-refractivity contribution in [3.05, 3.63) is 71.1 Å². The lowest BCUT2D eigenvalue weighted by Gasteiger charge is -2.18. The Labute approximate surface area is 189 Å². The van der Waals surface area contributed by atoms with Gasteiger partial charge in [0, 0.05) is 59.8 Å². The molecular weight excluding hydrogens is 400 g/mol. The Morgan fingerprint density at radius 1 is 1.00 bits per heavy atom. The Balaban J connectivity index is 1.53. The van der Waals surface area contributed by atoms with Crippen LogP contribution in [0.2, 0.25) is 0 Å². The number of ether oxygens (including phenoxy) is 1. The van der Waals surface area contributed by atoms with Gasteiger partial charge >= 0.3 is 6.29 Å². The van der Waals surface area contributed by atoms with Gasteiger partial charge in [-0.15, -0.1) is 0 Å². The van der Waals surface area contributed by atoms with Crippen LogP contribution in [0.25, 0.3) is 0 Å². The number of aliphatic imine (C=N–C) groups is 2. The van der Waals surface area contributed by atoms with E-state index in [0.29, 0.717) is 0 Å². The van der Waals surface area contributed by atoms with E-state index in [1.54, 1.807) is 20.5 Å². The number of methoxy groups -OCH3 is 1. The summed E-state index contributed by atoms with van der Waals surface area (Å²) in [7, 11) is 3.38. The van der Waals surface area contributed by atoms with Crippen LogP contribution in [0.3, 0.4) is 0 Å². The van der Waals surface area contributed by atoms with Gasteiger partial charge in [-0.25, -0.2) is 4.99 Å². The second kappa shape index (κ2) is 8.51. The average Bonchev–Trinajstić information content (AvgIpc) is 3.48. The number of H-pyrrole nitrogens is 2. The monoisotopic (exact) mass is 433 g/mol. The Bertz CT molecular complexity index is 1120. The molecule has 6 nitrogen and oxygen atoms in total. The third-order valence-electron chi connectivity index (χ3n) is 6.21. The maximum absolute atomic E-state index is 5.89. The number of rotatable bonds is 8. The van der Waals surface area contributed by atoms with Gasteiger partial charge in [-0.3, -0.25) is 9.42 Å². The van der Waals surface area contributed by atoms with Crippen molar-refractivity contribution < 1.29 is 9.16 Å². The number of aromatic nitrogens is 2. The minimum atomic E-state index is -0.238. The minimum absolute atomic E-state index is 0.106. The third kappa shape index (κ3) is 4.46. The van der Waals surface area contributed by atoms with Gasteiger partial charge in [-0.2, -0.15) is 0 Å². The molecule has 6 heteroatoms. The number of nitrogens with one attached hydrogen (secondary N) is 2. The number of nitrogens with zero attached hydrogens (tertiary/aromatic N) is 2. The molecule has 0 bridgehead atoms. The second-order valence-corrected chi connectivity index (χ2v) is 9.66. The zero-order chi connectivity index (χ0) is 22.9. The molecule has 4 heterocycles. The molecule has 2 aromatic rings. The molecule has 4 rings (SSSR count). The molecule has 2 aromatic heterocycles. The first-order valence-electron chi connectivity index (χ1n) is 11.0. The standard InChI is InChI=1S/C26H33N4O2/c1-25(2)14-19(16-31-5)29-22(25)13-18-9-10-20(28-18)24(32-6)21-15-26(3,4)23(30-21)12-17-8-7-11-27-17/h7-11,14-16,24,27-28H,12-13H2,1-6H3/q+1. The first-order chi connectivity index (χ1) is 15.2. The molecule has 1 atom stereocenters. The lowest BCUT2D eigenvalue weighted by molar-refractivity contribution is -0.413. The molecule has 0 fully saturated rings. The number of aromatic amines is 2. The third-order valence-corrected chi connectivity index (χ3v) is 6.21. The van der Waals surface area contributed by atoms with Crippen molar-refractivity contribution in [1.82, 2.24) is 9.97 Å². The van der Waals surface area contributed by atoms with Crippen molar-refractivity contribution in [1.29, 1.82) is 0 Å². The van der Waals surface area contributed by atoms with Crippen molar-refractivity contribution in [2.24, 2.45) is 20.8 Å². The summed E-state index contributed by atoms with van der Waals surface area (Å²) < 4.78 is 11.0. The van der Waals surface area contributed by atoms with Gasteiger partial charge in [0.25, 0.3) is 7.11 Å². The predicted molar refractivity (Wildman–Crippen MR) is 129 cm³/mol. The van der Waals surface area contributed by atoms with E-state index in [1.807, 2.05) is 12.3 Å². The molecule has 168 valence electrons. The van der Waals surface area contributed by atoms with Crippen molar-refractivity contribution in [3.8, 4) is 0 Å². The van der Waals surface area contributed by atoms with E-state index in [4.69, 9.17) is 19.1 Å². The molecular formula is C26H33N4O2+. The molecule has 0 saturated carbocycles. The fraction of sp³-hybridized carbons (Fsp3) is 0.423. The fourth-order valence-corrected chi connectivity index (χ4v) is 4.38. The summed E-state index contributed by atoms with van der Waals surface area (Å²) in [6.45, 7) is 8.76. The largest absolute Gasteiger partial charge is 0.369 e. The molecule has 2 N–H and O–H groups in total. The summed E-state index contributed by atoms with van der Waals surface area (Å²) in [6.07, 6.45) is 9.31. The Morgan fingerprint density at radius 3 is 2.41 bits per heavy atom. The highest BCUT2D eigenvalue weighted by molar-refractivity contribution is 5.99. The van der Waals surface area contributed by atoms with Crippen LogP contribution in [0, 0.1) is 10.8 Å². The maximum atomic E-state index is 5.89. The van der Waals surface area contributed by atoms with E-state index in [1.165, 1.54) is 5.69 Å². The van der Waals surface area contributed by atoms with Crippen LogP contribution in [0.4, 0.5) is 0 Å². The van der Waals surface area contributed by atoms with E-state index in [2.05, 4.69) is 68.0 Å². The lowest BCUT2D eigenvalue weighted by atomic mass is 9.86. The van der Waals surface area contributed by atoms with Gasteiger partial charge in [-0.05, 0) is 36.4 Å². The number of hydrogen-bond donors (Lipinski definition) is 2. The van der Waals surface area contributed by atoms with Crippen LogP contribution < -0.4 is 0 Å². The molecule has 1 unspecified atom stereocenters. The molecule has 0 amide bonds. The predicted octanol–water partition coefficient (Wildman–Crippen LogP) is 4.91. The summed E-state index contributed by atoms with van der Waals surface area (Å²) in [5, 5.41) is 0. The van der Waals surface area contributed by atoms with E-state index in [9.17, 15) is 0 Å². The van der Waals surface area contributed by atoms with Crippen LogP contribution in [0.1, 0.15) is 50.9 Å². The quantitative estimate of drug-likeness (QED) is 0.450. The van der Waals surface area contributed by atoms with Gasteiger partial charge in [0.15, 0.2) is 5.70 Å². The van der Waals surface area contributed by atoms with Crippen LogP contribution in [-0.2, 0) is 22.0 Å². The molecule has 2 aliphatic rings. The van der Waals surface area contributed by atoms with Crippen LogP contribution in [0.15, 0.2) is 64.0 Å². The molecule has 0 aliphatic carbocycles. The van der Waals surface area contributed by atoms with Gasteiger partial charge in [0.2, 0.25) is 0 Å². The SMILES string of the molecule is COC(C1=CC(C)(C)C(Cc2ccc[nH]2)=N1)c1ccc(CC2=NC(C=[O+]C)=CC2(C)C)[nH]1. The molecule has 2 aliphatic heterocycles. The zero-order valence-corrected chi connectivity index (χ0v) is 19.8. The van der Waals surface area contributed by atoms with Crippen molar-refractivity contribution >= 4 is 17.7 Å². The maximum Gasteiger partial charge on any atom is 0.333 e. The normalized spacial score (nSPS) is 20.3. The summed E-state index contributed by atoms with van der Waals surface area (Å²) in [5.74, 6) is 0. The highest BCUT2D eigenvalue weighted by Crippen LogP contribution is 2.38.